The van der Waals surface area contributed by atoms with Crippen molar-refractivity contribution in [2.75, 3.05) is 18.6 Å². The van der Waals surface area contributed by atoms with Gasteiger partial charge in [0.1, 0.15) is 5.75 Å². The first-order valence-electron chi connectivity index (χ1n) is 8.67. The highest BCUT2D eigenvalue weighted by Crippen LogP contribution is 2.25. The van der Waals surface area contributed by atoms with Crippen LogP contribution in [0.15, 0.2) is 53.4 Å². The molecule has 7 nitrogen and oxygen atoms in total. The highest BCUT2D eigenvalue weighted by Gasteiger charge is 2.37. The minimum absolute atomic E-state index is 0.0290. The van der Waals surface area contributed by atoms with Crippen LogP contribution in [0.5, 0.6) is 5.75 Å². The van der Waals surface area contributed by atoms with E-state index in [9.17, 15) is 21.6 Å². The van der Waals surface area contributed by atoms with Crippen molar-refractivity contribution < 1.29 is 26.4 Å². The lowest BCUT2D eigenvalue weighted by molar-refractivity contribution is 0.0951. The van der Waals surface area contributed by atoms with E-state index in [1.54, 1.807) is 19.2 Å². The summed E-state index contributed by atoms with van der Waals surface area (Å²) < 4.78 is 53.4. The summed E-state index contributed by atoms with van der Waals surface area (Å²) in [5.41, 5.74) is 1.22. The van der Waals surface area contributed by atoms with Crippen molar-refractivity contribution in [3.8, 4) is 5.75 Å². The fourth-order valence-corrected chi connectivity index (χ4v) is 7.38. The quantitative estimate of drug-likeness (QED) is 0.756. The van der Waals surface area contributed by atoms with Gasteiger partial charge in [-0.3, -0.25) is 4.79 Å². The van der Waals surface area contributed by atoms with E-state index in [1.807, 2.05) is 12.1 Å². The molecule has 0 unspecified atom stereocenters. The molecule has 1 atom stereocenters. The lowest BCUT2D eigenvalue weighted by atomic mass is 10.2. The third-order valence-corrected chi connectivity index (χ3v) is 8.87. The number of nitrogens with one attached hydrogen (secondary N) is 1. The fraction of sp³-hybridized carbons (Fsp3) is 0.316. The van der Waals surface area contributed by atoms with Gasteiger partial charge < -0.3 is 10.1 Å². The zero-order valence-electron chi connectivity index (χ0n) is 15.3. The van der Waals surface area contributed by atoms with Gasteiger partial charge in [0.05, 0.1) is 28.8 Å². The number of sulfone groups is 2. The van der Waals surface area contributed by atoms with Crippen molar-refractivity contribution >= 4 is 25.6 Å². The molecule has 28 heavy (non-hydrogen) atoms. The first-order chi connectivity index (χ1) is 13.2. The van der Waals surface area contributed by atoms with Crippen LogP contribution >= 0.6 is 0 Å². The van der Waals surface area contributed by atoms with Gasteiger partial charge in [0.15, 0.2) is 19.7 Å². The maximum atomic E-state index is 12.6. The number of hydrogen-bond acceptors (Lipinski definition) is 6. The molecular weight excluding hydrogens is 402 g/mol. The summed E-state index contributed by atoms with van der Waals surface area (Å²) in [6, 6.07) is 12.8. The Bertz CT molecular complexity index is 1060. The molecule has 0 bridgehead atoms. The topological polar surface area (TPSA) is 107 Å². The summed E-state index contributed by atoms with van der Waals surface area (Å²) in [5, 5.41) is 1.84. The van der Waals surface area contributed by atoms with Crippen LogP contribution in [0.3, 0.4) is 0 Å². The molecule has 0 aromatic heterocycles. The van der Waals surface area contributed by atoms with E-state index in [-0.39, 0.29) is 28.7 Å². The molecule has 1 fully saturated rings. The Balaban J connectivity index is 1.65. The lowest BCUT2D eigenvalue weighted by Gasteiger charge is -2.11. The van der Waals surface area contributed by atoms with E-state index in [0.717, 1.165) is 11.3 Å². The van der Waals surface area contributed by atoms with Gasteiger partial charge in [0.2, 0.25) is 0 Å². The molecule has 9 heteroatoms. The van der Waals surface area contributed by atoms with Gasteiger partial charge in [-0.2, -0.15) is 0 Å². The van der Waals surface area contributed by atoms with Crippen molar-refractivity contribution in [3.63, 3.8) is 0 Å². The van der Waals surface area contributed by atoms with Crippen LogP contribution < -0.4 is 10.1 Å². The van der Waals surface area contributed by atoms with E-state index in [1.165, 1.54) is 24.3 Å². The zero-order valence-corrected chi connectivity index (χ0v) is 16.9. The number of methoxy groups -OCH3 is 1. The molecule has 0 saturated carbocycles. The fourth-order valence-electron chi connectivity index (χ4n) is 3.02. The minimum Gasteiger partial charge on any atom is -0.497 e. The number of ether oxygens (including phenoxy) is 1. The highest BCUT2D eigenvalue weighted by molar-refractivity contribution is 7.96. The summed E-state index contributed by atoms with van der Waals surface area (Å²) in [7, 11) is -5.46. The molecule has 1 aliphatic heterocycles. The van der Waals surface area contributed by atoms with Gasteiger partial charge in [-0.05, 0) is 48.4 Å². The number of rotatable bonds is 6. The van der Waals surface area contributed by atoms with Crippen LogP contribution in [-0.4, -0.2) is 46.6 Å². The number of carbonyl (C=O) groups excluding carboxylic acids is 1. The smallest absolute Gasteiger partial charge is 0.251 e. The van der Waals surface area contributed by atoms with Crippen molar-refractivity contribution in [2.45, 2.75) is 23.1 Å². The monoisotopic (exact) mass is 423 g/mol. The average Bonchev–Trinajstić information content (AvgIpc) is 3.07. The molecule has 1 aliphatic rings. The van der Waals surface area contributed by atoms with Crippen molar-refractivity contribution in [1.82, 2.24) is 5.32 Å². The standard InChI is InChI=1S/C19H21NO6S2/c1-26-16-6-2-14(3-7-16)12-20-19(21)15-4-8-17(9-5-15)28(24,25)18-10-11-27(22,23)13-18/h2-9,18H,10-13H2,1H3,(H,20,21)/t18-/m0/s1. The third kappa shape index (κ3) is 4.53. The molecule has 0 radical (unpaired) electrons. The van der Waals surface area contributed by atoms with Gasteiger partial charge >= 0.3 is 0 Å². The molecule has 2 aromatic rings. The van der Waals surface area contributed by atoms with Gasteiger partial charge in [0, 0.05) is 12.1 Å². The first-order valence-corrected chi connectivity index (χ1v) is 12.0. The second kappa shape index (κ2) is 7.92. The normalized spacial score (nSPS) is 18.5. The Morgan fingerprint density at radius 2 is 1.75 bits per heavy atom. The van der Waals surface area contributed by atoms with Gasteiger partial charge in [-0.1, -0.05) is 12.1 Å². The van der Waals surface area contributed by atoms with E-state index < -0.39 is 24.9 Å². The van der Waals surface area contributed by atoms with Crippen LogP contribution in [0.4, 0.5) is 0 Å². The van der Waals surface area contributed by atoms with E-state index in [4.69, 9.17) is 4.74 Å². The Kier molecular flexibility index (Phi) is 5.76. The Morgan fingerprint density at radius 1 is 1.11 bits per heavy atom. The van der Waals surface area contributed by atoms with Gasteiger partial charge in [-0.25, -0.2) is 16.8 Å². The SMILES string of the molecule is COc1ccc(CNC(=O)c2ccc(S(=O)(=O)[C@H]3CCS(=O)(=O)C3)cc2)cc1. The zero-order chi connectivity index (χ0) is 20.4. The summed E-state index contributed by atoms with van der Waals surface area (Å²) >= 11 is 0. The third-order valence-electron chi connectivity index (χ3n) is 4.69. The number of carbonyl (C=O) groups is 1. The maximum absolute atomic E-state index is 12.6. The van der Waals surface area contributed by atoms with Gasteiger partial charge in [0.25, 0.3) is 5.91 Å². The van der Waals surface area contributed by atoms with Crippen LogP contribution in [0, 0.1) is 0 Å². The van der Waals surface area contributed by atoms with Crippen molar-refractivity contribution in [3.05, 3.63) is 59.7 Å². The average molecular weight is 424 g/mol. The molecule has 0 spiro atoms. The van der Waals surface area contributed by atoms with Crippen LogP contribution in [0.2, 0.25) is 0 Å². The number of amides is 1. The van der Waals surface area contributed by atoms with Gasteiger partial charge in [-0.15, -0.1) is 0 Å². The predicted octanol–water partition coefficient (Wildman–Crippen LogP) is 1.59. The predicted molar refractivity (Wildman–Crippen MR) is 105 cm³/mol. The summed E-state index contributed by atoms with van der Waals surface area (Å²) in [4.78, 5) is 12.3. The molecule has 150 valence electrons. The molecule has 1 N–H and O–H groups in total. The van der Waals surface area contributed by atoms with Crippen molar-refractivity contribution in [2.24, 2.45) is 0 Å². The second-order valence-corrected chi connectivity index (χ2v) is 11.1. The highest BCUT2D eigenvalue weighted by atomic mass is 32.2. The van der Waals surface area contributed by atoms with Crippen LogP contribution in [0.25, 0.3) is 0 Å². The Hall–Kier alpha value is -2.39. The molecule has 0 aliphatic carbocycles. The first kappa shape index (κ1) is 20.3. The summed E-state index contributed by atoms with van der Waals surface area (Å²) in [6.07, 6.45) is 0.106. The Morgan fingerprint density at radius 3 is 2.29 bits per heavy atom. The van der Waals surface area contributed by atoms with E-state index in [2.05, 4.69) is 5.32 Å². The molecule has 1 saturated heterocycles. The minimum atomic E-state index is -3.74. The second-order valence-electron chi connectivity index (χ2n) is 6.63. The van der Waals surface area contributed by atoms with E-state index in [0.29, 0.717) is 12.1 Å². The van der Waals surface area contributed by atoms with Crippen LogP contribution in [0.1, 0.15) is 22.3 Å². The molecular formula is C19H21NO6S2. The molecule has 1 heterocycles. The van der Waals surface area contributed by atoms with Crippen LogP contribution in [-0.2, 0) is 26.2 Å². The summed E-state index contributed by atoms with van der Waals surface area (Å²) in [6.45, 7) is 0.322. The maximum Gasteiger partial charge on any atom is 0.251 e. The lowest BCUT2D eigenvalue weighted by Crippen LogP contribution is -2.24. The largest absolute Gasteiger partial charge is 0.497 e. The van der Waals surface area contributed by atoms with E-state index >= 15 is 0 Å². The summed E-state index contributed by atoms with van der Waals surface area (Å²) in [5.74, 6) is -0.0625. The Labute approximate surface area is 164 Å². The molecule has 1 amide bonds. The molecule has 2 aromatic carbocycles. The molecule has 3 rings (SSSR count). The van der Waals surface area contributed by atoms with Crippen molar-refractivity contribution in [1.29, 1.82) is 0 Å². The number of benzene rings is 2. The number of hydrogen-bond donors (Lipinski definition) is 1.